The lowest BCUT2D eigenvalue weighted by Gasteiger charge is -2.05. The minimum Gasteiger partial charge on any atom is -0.215 e. The van der Waals surface area contributed by atoms with Crippen molar-refractivity contribution in [2.24, 2.45) is 0 Å². The van der Waals surface area contributed by atoms with Gasteiger partial charge in [-0.2, -0.15) is 0 Å². The van der Waals surface area contributed by atoms with E-state index in [1.165, 1.54) is 6.07 Å². The summed E-state index contributed by atoms with van der Waals surface area (Å²) in [5, 5.41) is 0.531. The molecular formula is C11H6Cl2FIN2. The summed E-state index contributed by atoms with van der Waals surface area (Å²) in [4.78, 5) is 8.14. The van der Waals surface area contributed by atoms with Gasteiger partial charge in [0.05, 0.1) is 3.57 Å². The van der Waals surface area contributed by atoms with Crippen molar-refractivity contribution in [1.82, 2.24) is 9.97 Å². The zero-order valence-electron chi connectivity index (χ0n) is 8.64. The number of hydrogen-bond acceptors (Lipinski definition) is 2. The molecule has 2 rings (SSSR count). The highest BCUT2D eigenvalue weighted by molar-refractivity contribution is 14.1. The fourth-order valence-corrected chi connectivity index (χ4v) is 1.88. The maximum atomic E-state index is 13.4. The van der Waals surface area contributed by atoms with Crippen molar-refractivity contribution in [2.45, 2.75) is 6.92 Å². The van der Waals surface area contributed by atoms with Crippen molar-refractivity contribution >= 4 is 45.8 Å². The summed E-state index contributed by atoms with van der Waals surface area (Å²) in [6, 6.07) is 4.76. The Kier molecular flexibility index (Phi) is 3.85. The first-order valence-corrected chi connectivity index (χ1v) is 6.47. The van der Waals surface area contributed by atoms with Crippen molar-refractivity contribution in [3.8, 4) is 11.4 Å². The van der Waals surface area contributed by atoms with Gasteiger partial charge in [0, 0.05) is 5.56 Å². The molecule has 0 radical (unpaired) electrons. The normalized spacial score (nSPS) is 10.6. The van der Waals surface area contributed by atoms with Crippen LogP contribution in [0.1, 0.15) is 5.56 Å². The van der Waals surface area contributed by atoms with Crippen LogP contribution in [0.2, 0.25) is 10.3 Å². The molecule has 0 fully saturated rings. The highest BCUT2D eigenvalue weighted by Crippen LogP contribution is 2.27. The van der Waals surface area contributed by atoms with Crippen LogP contribution < -0.4 is 0 Å². The molecule has 0 amide bonds. The average Bonchev–Trinajstić information content (AvgIpc) is 2.29. The summed E-state index contributed by atoms with van der Waals surface area (Å²) >= 11 is 13.8. The number of aryl methyl sites for hydroxylation is 1. The Morgan fingerprint density at radius 2 is 1.76 bits per heavy atom. The summed E-state index contributed by atoms with van der Waals surface area (Å²) in [6.07, 6.45) is 0. The largest absolute Gasteiger partial charge is 0.215 e. The number of nitrogens with zero attached hydrogens (tertiary/aromatic N) is 2. The third-order valence-electron chi connectivity index (χ3n) is 2.20. The van der Waals surface area contributed by atoms with Gasteiger partial charge in [-0.3, -0.25) is 0 Å². The van der Waals surface area contributed by atoms with E-state index >= 15 is 0 Å². The zero-order chi connectivity index (χ0) is 12.6. The van der Waals surface area contributed by atoms with Crippen LogP contribution in [0.25, 0.3) is 11.4 Å². The van der Waals surface area contributed by atoms with E-state index in [9.17, 15) is 4.39 Å². The molecule has 1 aromatic carbocycles. The fraction of sp³-hybridized carbons (Fsp3) is 0.0909. The maximum absolute atomic E-state index is 13.4. The molecule has 0 aliphatic heterocycles. The van der Waals surface area contributed by atoms with Gasteiger partial charge in [-0.15, -0.1) is 0 Å². The van der Waals surface area contributed by atoms with Crippen molar-refractivity contribution in [3.63, 3.8) is 0 Å². The van der Waals surface area contributed by atoms with Gasteiger partial charge in [0.1, 0.15) is 16.1 Å². The van der Waals surface area contributed by atoms with Crippen LogP contribution in [0.15, 0.2) is 18.2 Å². The van der Waals surface area contributed by atoms with Crippen LogP contribution in [0.5, 0.6) is 0 Å². The fourth-order valence-electron chi connectivity index (χ4n) is 1.26. The molecule has 0 saturated heterocycles. The molecule has 0 aliphatic rings. The first kappa shape index (κ1) is 13.0. The number of aromatic nitrogens is 2. The Morgan fingerprint density at radius 3 is 2.29 bits per heavy atom. The number of rotatable bonds is 1. The van der Waals surface area contributed by atoms with E-state index < -0.39 is 0 Å². The minimum atomic E-state index is -0.308. The molecule has 0 bridgehead atoms. The maximum Gasteiger partial charge on any atom is 0.162 e. The van der Waals surface area contributed by atoms with Gasteiger partial charge in [0.2, 0.25) is 0 Å². The van der Waals surface area contributed by atoms with Gasteiger partial charge < -0.3 is 0 Å². The third kappa shape index (κ3) is 2.69. The van der Waals surface area contributed by atoms with Crippen LogP contribution >= 0.6 is 45.8 Å². The van der Waals surface area contributed by atoms with E-state index in [2.05, 4.69) is 9.97 Å². The minimum absolute atomic E-state index is 0.265. The van der Waals surface area contributed by atoms with Gasteiger partial charge in [0.15, 0.2) is 5.82 Å². The van der Waals surface area contributed by atoms with Gasteiger partial charge >= 0.3 is 0 Å². The second kappa shape index (κ2) is 5.04. The lowest BCUT2D eigenvalue weighted by atomic mass is 10.1. The molecule has 88 valence electrons. The molecule has 0 atom stereocenters. The van der Waals surface area contributed by atoms with E-state index in [0.29, 0.717) is 20.5 Å². The lowest BCUT2D eigenvalue weighted by Crippen LogP contribution is -1.95. The molecule has 0 N–H and O–H groups in total. The van der Waals surface area contributed by atoms with Gasteiger partial charge in [-0.25, -0.2) is 14.4 Å². The Bertz CT molecular complexity index is 567. The zero-order valence-corrected chi connectivity index (χ0v) is 12.3. The van der Waals surface area contributed by atoms with Gasteiger partial charge in [-0.1, -0.05) is 35.3 Å². The van der Waals surface area contributed by atoms with E-state index in [4.69, 9.17) is 23.2 Å². The average molecular weight is 383 g/mol. The van der Waals surface area contributed by atoms with E-state index in [0.717, 1.165) is 0 Å². The first-order valence-electron chi connectivity index (χ1n) is 4.64. The smallest absolute Gasteiger partial charge is 0.162 e. The van der Waals surface area contributed by atoms with E-state index in [1.54, 1.807) is 19.1 Å². The summed E-state index contributed by atoms with van der Waals surface area (Å²) in [7, 11) is 0. The standard InChI is InChI=1S/C11H6Cl2FIN2/c1-5-2-3-6(4-7(5)14)11-16-9(12)8(15)10(13)17-11/h2-4H,1H3. The van der Waals surface area contributed by atoms with Crippen LogP contribution in [0.4, 0.5) is 4.39 Å². The van der Waals surface area contributed by atoms with Crippen molar-refractivity contribution in [1.29, 1.82) is 0 Å². The van der Waals surface area contributed by atoms with Gasteiger partial charge in [0.25, 0.3) is 0 Å². The summed E-state index contributed by atoms with van der Waals surface area (Å²) < 4.78 is 14.0. The van der Waals surface area contributed by atoms with Crippen LogP contribution in [0, 0.1) is 16.3 Å². The number of hydrogen-bond donors (Lipinski definition) is 0. The van der Waals surface area contributed by atoms with Crippen molar-refractivity contribution < 1.29 is 4.39 Å². The Labute approximate surface area is 121 Å². The van der Waals surface area contributed by atoms with Crippen molar-refractivity contribution in [3.05, 3.63) is 43.5 Å². The van der Waals surface area contributed by atoms with Crippen LogP contribution in [0.3, 0.4) is 0 Å². The molecule has 0 unspecified atom stereocenters. The Hall–Kier alpha value is -0.460. The number of benzene rings is 1. The quantitative estimate of drug-likeness (QED) is 0.536. The Morgan fingerprint density at radius 1 is 1.18 bits per heavy atom. The summed E-state index contributed by atoms with van der Waals surface area (Å²) in [5.74, 6) is 0.0104. The molecule has 1 heterocycles. The molecule has 1 aromatic heterocycles. The van der Waals surface area contributed by atoms with E-state index in [-0.39, 0.29) is 16.1 Å². The molecule has 6 heteroatoms. The molecular weight excluding hydrogens is 377 g/mol. The van der Waals surface area contributed by atoms with E-state index in [1.807, 2.05) is 22.6 Å². The molecule has 2 aromatic rings. The van der Waals surface area contributed by atoms with Gasteiger partial charge in [-0.05, 0) is 41.1 Å². The Balaban J connectivity index is 2.57. The molecule has 0 aliphatic carbocycles. The highest BCUT2D eigenvalue weighted by Gasteiger charge is 2.11. The SMILES string of the molecule is Cc1ccc(-c2nc(Cl)c(I)c(Cl)n2)cc1F. The second-order valence-corrected chi connectivity index (χ2v) is 5.20. The monoisotopic (exact) mass is 382 g/mol. The molecule has 0 saturated carbocycles. The predicted octanol–water partition coefficient (Wildman–Crippen LogP) is 4.50. The van der Waals surface area contributed by atoms with Crippen molar-refractivity contribution in [2.75, 3.05) is 0 Å². The number of halogens is 4. The highest BCUT2D eigenvalue weighted by atomic mass is 127. The third-order valence-corrected chi connectivity index (χ3v) is 4.41. The van der Waals surface area contributed by atoms with Crippen LogP contribution in [-0.4, -0.2) is 9.97 Å². The predicted molar refractivity (Wildman–Crippen MR) is 74.9 cm³/mol. The molecule has 0 spiro atoms. The lowest BCUT2D eigenvalue weighted by molar-refractivity contribution is 0.619. The molecule has 17 heavy (non-hydrogen) atoms. The summed E-state index contributed by atoms with van der Waals surface area (Å²) in [6.45, 7) is 1.69. The first-order chi connectivity index (χ1) is 7.99. The summed E-state index contributed by atoms with van der Waals surface area (Å²) in [5.41, 5.74) is 1.12. The van der Waals surface area contributed by atoms with Crippen LogP contribution in [-0.2, 0) is 0 Å². The second-order valence-electron chi connectivity index (χ2n) is 3.41. The molecule has 2 nitrogen and oxygen atoms in total. The topological polar surface area (TPSA) is 25.8 Å².